The van der Waals surface area contributed by atoms with Crippen molar-refractivity contribution >= 4 is 22.7 Å². The number of hydrogen-bond acceptors (Lipinski definition) is 4. The van der Waals surface area contributed by atoms with Crippen molar-refractivity contribution in [2.45, 2.75) is 20.4 Å². The zero-order chi connectivity index (χ0) is 13.5. The Kier molecular flexibility index (Phi) is 6.04. The fraction of sp³-hybridized carbons (Fsp3) is 0.467. The van der Waals surface area contributed by atoms with E-state index in [0.29, 0.717) is 0 Å². The van der Waals surface area contributed by atoms with Crippen molar-refractivity contribution < 1.29 is 0 Å². The lowest BCUT2D eigenvalue weighted by molar-refractivity contribution is 0.302. The van der Waals surface area contributed by atoms with Gasteiger partial charge in [-0.25, -0.2) is 0 Å². The topological polar surface area (TPSA) is 15.3 Å². The van der Waals surface area contributed by atoms with E-state index in [1.54, 1.807) is 0 Å². The molecule has 0 aliphatic rings. The quantitative estimate of drug-likeness (QED) is 0.743. The maximum absolute atomic E-state index is 3.53. The zero-order valence-corrected chi connectivity index (χ0v) is 13.3. The molecule has 0 aliphatic heterocycles. The van der Waals surface area contributed by atoms with Crippen LogP contribution < -0.4 is 5.32 Å². The van der Waals surface area contributed by atoms with Gasteiger partial charge in [-0.05, 0) is 36.0 Å². The molecule has 2 nitrogen and oxygen atoms in total. The smallest absolute Gasteiger partial charge is 0.0351 e. The van der Waals surface area contributed by atoms with E-state index in [1.165, 1.54) is 15.3 Å². The van der Waals surface area contributed by atoms with Gasteiger partial charge in [0, 0.05) is 35.0 Å². The van der Waals surface area contributed by atoms with E-state index in [-0.39, 0.29) is 0 Å². The highest BCUT2D eigenvalue weighted by molar-refractivity contribution is 7.14. The molecule has 0 radical (unpaired) electrons. The lowest BCUT2D eigenvalue weighted by Crippen LogP contribution is -2.31. The second-order valence-corrected chi connectivity index (χ2v) is 6.43. The predicted octanol–water partition coefficient (Wildman–Crippen LogP) is 3.91. The summed E-state index contributed by atoms with van der Waals surface area (Å²) in [6, 6.07) is 6.60. The van der Waals surface area contributed by atoms with Gasteiger partial charge in [0.2, 0.25) is 0 Å². The van der Waals surface area contributed by atoms with Crippen molar-refractivity contribution in [1.29, 1.82) is 0 Å². The van der Waals surface area contributed by atoms with Crippen LogP contribution in [0.5, 0.6) is 0 Å². The van der Waals surface area contributed by atoms with Gasteiger partial charge in [0.25, 0.3) is 0 Å². The monoisotopic (exact) mass is 294 g/mol. The average molecular weight is 294 g/mol. The minimum atomic E-state index is 0.983. The van der Waals surface area contributed by atoms with Gasteiger partial charge in [-0.1, -0.05) is 19.9 Å². The van der Waals surface area contributed by atoms with E-state index in [2.05, 4.69) is 53.0 Å². The molecule has 0 saturated carbocycles. The molecular weight excluding hydrogens is 272 g/mol. The molecule has 4 heteroatoms. The van der Waals surface area contributed by atoms with Crippen molar-refractivity contribution in [2.24, 2.45) is 0 Å². The van der Waals surface area contributed by atoms with E-state index in [1.807, 2.05) is 22.7 Å². The molecule has 2 aromatic heterocycles. The summed E-state index contributed by atoms with van der Waals surface area (Å²) in [7, 11) is 0. The standard InChI is InChI=1S/C15H22N2S2/c1-3-17(4-2)8-7-16-11-14-10-13(12-19-14)15-6-5-9-18-15/h5-6,9-10,12,16H,3-4,7-8,11H2,1-2H3. The van der Waals surface area contributed by atoms with Gasteiger partial charge >= 0.3 is 0 Å². The molecule has 0 bridgehead atoms. The van der Waals surface area contributed by atoms with Gasteiger partial charge in [0.15, 0.2) is 0 Å². The molecule has 0 spiro atoms. The SMILES string of the molecule is CCN(CC)CCNCc1cc(-c2cccs2)cs1. The van der Waals surface area contributed by atoms with Gasteiger partial charge in [0.1, 0.15) is 0 Å². The van der Waals surface area contributed by atoms with Crippen LogP contribution in [0.4, 0.5) is 0 Å². The summed E-state index contributed by atoms with van der Waals surface area (Å²) < 4.78 is 0. The number of thiophene rings is 2. The Labute approximate surface area is 124 Å². The number of likely N-dealkylation sites (N-methyl/N-ethyl adjacent to an activating group) is 1. The third-order valence-electron chi connectivity index (χ3n) is 3.26. The van der Waals surface area contributed by atoms with Crippen molar-refractivity contribution in [3.63, 3.8) is 0 Å². The second-order valence-electron chi connectivity index (χ2n) is 4.48. The fourth-order valence-corrected chi connectivity index (χ4v) is 3.68. The summed E-state index contributed by atoms with van der Waals surface area (Å²) in [4.78, 5) is 5.23. The Morgan fingerprint density at radius 3 is 2.74 bits per heavy atom. The number of nitrogens with one attached hydrogen (secondary N) is 1. The van der Waals surface area contributed by atoms with Crippen molar-refractivity contribution in [2.75, 3.05) is 26.2 Å². The van der Waals surface area contributed by atoms with Crippen LogP contribution in [0.3, 0.4) is 0 Å². The van der Waals surface area contributed by atoms with Crippen LogP contribution >= 0.6 is 22.7 Å². The van der Waals surface area contributed by atoms with Crippen molar-refractivity contribution in [3.05, 3.63) is 33.8 Å². The summed E-state index contributed by atoms with van der Waals surface area (Å²) in [6.07, 6.45) is 0. The molecule has 19 heavy (non-hydrogen) atoms. The first-order valence-corrected chi connectivity index (χ1v) is 8.63. The van der Waals surface area contributed by atoms with Crippen LogP contribution in [-0.4, -0.2) is 31.1 Å². The highest BCUT2D eigenvalue weighted by atomic mass is 32.1. The molecule has 104 valence electrons. The summed E-state index contributed by atoms with van der Waals surface area (Å²) in [5.74, 6) is 0. The first kappa shape index (κ1) is 14.7. The van der Waals surface area contributed by atoms with E-state index >= 15 is 0 Å². The third kappa shape index (κ3) is 4.42. The molecule has 0 unspecified atom stereocenters. The Morgan fingerprint density at radius 2 is 2.05 bits per heavy atom. The number of hydrogen-bond donors (Lipinski definition) is 1. The number of nitrogens with zero attached hydrogens (tertiary/aromatic N) is 1. The molecule has 0 aromatic carbocycles. The predicted molar refractivity (Wildman–Crippen MR) is 87.1 cm³/mol. The van der Waals surface area contributed by atoms with Crippen LogP contribution in [0, 0.1) is 0 Å². The highest BCUT2D eigenvalue weighted by Gasteiger charge is 2.03. The van der Waals surface area contributed by atoms with Crippen LogP contribution in [0.1, 0.15) is 18.7 Å². The van der Waals surface area contributed by atoms with E-state index in [0.717, 1.165) is 32.7 Å². The van der Waals surface area contributed by atoms with Gasteiger partial charge in [-0.3, -0.25) is 0 Å². The molecular formula is C15H22N2S2. The van der Waals surface area contributed by atoms with Crippen molar-refractivity contribution in [3.8, 4) is 10.4 Å². The highest BCUT2D eigenvalue weighted by Crippen LogP contribution is 2.29. The van der Waals surface area contributed by atoms with Crippen LogP contribution in [0.25, 0.3) is 10.4 Å². The average Bonchev–Trinajstić information content (AvgIpc) is 3.10. The minimum Gasteiger partial charge on any atom is -0.311 e. The Hall–Kier alpha value is -0.680. The molecule has 0 saturated heterocycles. The first-order chi connectivity index (χ1) is 9.33. The largest absolute Gasteiger partial charge is 0.311 e. The van der Waals surface area contributed by atoms with Gasteiger partial charge in [-0.15, -0.1) is 22.7 Å². The van der Waals surface area contributed by atoms with Gasteiger partial charge in [0.05, 0.1) is 0 Å². The third-order valence-corrected chi connectivity index (χ3v) is 5.11. The Morgan fingerprint density at radius 1 is 1.21 bits per heavy atom. The second kappa shape index (κ2) is 7.80. The summed E-state index contributed by atoms with van der Waals surface area (Å²) in [5, 5.41) is 7.92. The zero-order valence-electron chi connectivity index (χ0n) is 11.7. The lowest BCUT2D eigenvalue weighted by atomic mass is 10.2. The Balaban J connectivity index is 1.75. The van der Waals surface area contributed by atoms with Crippen LogP contribution in [0.2, 0.25) is 0 Å². The summed E-state index contributed by atoms with van der Waals surface area (Å²) in [6.45, 7) is 9.90. The molecule has 0 fully saturated rings. The van der Waals surface area contributed by atoms with Gasteiger partial charge < -0.3 is 10.2 Å². The molecule has 1 N–H and O–H groups in total. The maximum atomic E-state index is 3.53. The Bertz CT molecular complexity index is 458. The van der Waals surface area contributed by atoms with E-state index in [4.69, 9.17) is 0 Å². The first-order valence-electron chi connectivity index (χ1n) is 6.87. The molecule has 0 amide bonds. The molecule has 0 aliphatic carbocycles. The fourth-order valence-electron chi connectivity index (χ4n) is 2.03. The van der Waals surface area contributed by atoms with Crippen LogP contribution in [-0.2, 0) is 6.54 Å². The summed E-state index contributed by atoms with van der Waals surface area (Å²) >= 11 is 3.66. The van der Waals surface area contributed by atoms with E-state index < -0.39 is 0 Å². The summed E-state index contributed by atoms with van der Waals surface area (Å²) in [5.41, 5.74) is 1.36. The number of rotatable bonds is 8. The molecule has 0 atom stereocenters. The van der Waals surface area contributed by atoms with E-state index in [9.17, 15) is 0 Å². The minimum absolute atomic E-state index is 0.983. The van der Waals surface area contributed by atoms with Crippen molar-refractivity contribution in [1.82, 2.24) is 10.2 Å². The molecule has 2 rings (SSSR count). The lowest BCUT2D eigenvalue weighted by Gasteiger charge is -2.17. The normalized spacial score (nSPS) is 11.3. The van der Waals surface area contributed by atoms with Gasteiger partial charge in [-0.2, -0.15) is 0 Å². The molecule has 2 heterocycles. The maximum Gasteiger partial charge on any atom is 0.0351 e. The van der Waals surface area contributed by atoms with Crippen LogP contribution in [0.15, 0.2) is 29.0 Å². The molecule has 2 aromatic rings.